The Morgan fingerprint density at radius 2 is 1.39 bits per heavy atom. The lowest BCUT2D eigenvalue weighted by molar-refractivity contribution is 0.380. The minimum absolute atomic E-state index is 0.0889. The summed E-state index contributed by atoms with van der Waals surface area (Å²) in [5.74, 6) is -10.7. The van der Waals surface area contributed by atoms with Gasteiger partial charge in [0.25, 0.3) is 0 Å². The van der Waals surface area contributed by atoms with Crippen LogP contribution in [0.2, 0.25) is 0 Å². The summed E-state index contributed by atoms with van der Waals surface area (Å²) in [7, 11) is 1.38. The molecule has 1 heterocycles. The number of aryl methyl sites for hydroxylation is 1. The van der Waals surface area contributed by atoms with E-state index in [9.17, 15) is 22.0 Å². The lowest BCUT2D eigenvalue weighted by atomic mass is 10.1. The second kappa shape index (κ2) is 4.16. The van der Waals surface area contributed by atoms with Crippen molar-refractivity contribution < 1.29 is 22.0 Å². The van der Waals surface area contributed by atoms with Crippen molar-refractivity contribution in [1.82, 2.24) is 14.8 Å². The summed E-state index contributed by atoms with van der Waals surface area (Å²) >= 11 is 4.67. The van der Waals surface area contributed by atoms with Gasteiger partial charge in [0.15, 0.2) is 29.1 Å². The molecule has 0 aliphatic rings. The molecule has 0 saturated carbocycles. The lowest BCUT2D eigenvalue weighted by Crippen LogP contribution is -2.05. The number of aromatic nitrogens is 3. The minimum atomic E-state index is -2.22. The number of hydrogen-bond donors (Lipinski definition) is 1. The van der Waals surface area contributed by atoms with E-state index in [0.29, 0.717) is 0 Å². The molecule has 0 aliphatic carbocycles. The highest BCUT2D eigenvalue weighted by molar-refractivity contribution is 7.71. The minimum Gasteiger partial charge on any atom is -0.279 e. The second-order valence-electron chi connectivity index (χ2n) is 3.36. The second-order valence-corrected chi connectivity index (χ2v) is 3.72. The number of nitrogens with zero attached hydrogens (tertiary/aromatic N) is 2. The number of nitrogens with one attached hydrogen (secondary N) is 1. The van der Waals surface area contributed by atoms with Crippen LogP contribution < -0.4 is 0 Å². The van der Waals surface area contributed by atoms with Crippen LogP contribution in [-0.4, -0.2) is 14.8 Å². The molecule has 0 fully saturated rings. The molecule has 96 valence electrons. The number of benzene rings is 1. The average Bonchev–Trinajstić information content (AvgIpc) is 2.64. The first kappa shape index (κ1) is 12.7. The Balaban J connectivity index is 2.83. The fourth-order valence-electron chi connectivity index (χ4n) is 1.33. The Kier molecular flexibility index (Phi) is 2.93. The maximum atomic E-state index is 13.4. The standard InChI is InChI=1S/C9H4F5N3S/c1-17-9(18)15-8(16-17)2-3(10)5(12)7(14)6(13)4(2)11/h1H3,(H,15,16,18). The zero-order valence-corrected chi connectivity index (χ0v) is 9.51. The molecule has 0 aliphatic heterocycles. The first-order valence-electron chi connectivity index (χ1n) is 4.49. The average molecular weight is 281 g/mol. The summed E-state index contributed by atoms with van der Waals surface area (Å²) < 4.78 is 66.6. The van der Waals surface area contributed by atoms with Gasteiger partial charge in [0.1, 0.15) is 0 Å². The van der Waals surface area contributed by atoms with E-state index in [1.807, 2.05) is 0 Å². The predicted molar refractivity (Wildman–Crippen MR) is 53.6 cm³/mol. The van der Waals surface area contributed by atoms with Crippen LogP contribution in [0.1, 0.15) is 0 Å². The Morgan fingerprint density at radius 3 is 1.78 bits per heavy atom. The van der Waals surface area contributed by atoms with Crippen molar-refractivity contribution in [2.24, 2.45) is 7.05 Å². The first-order chi connectivity index (χ1) is 8.34. The molecule has 2 aromatic rings. The number of rotatable bonds is 1. The number of aromatic amines is 1. The van der Waals surface area contributed by atoms with Crippen molar-refractivity contribution in [3.8, 4) is 11.4 Å². The maximum Gasteiger partial charge on any atom is 0.216 e. The highest BCUT2D eigenvalue weighted by Gasteiger charge is 2.28. The fourth-order valence-corrected chi connectivity index (χ4v) is 1.46. The molecule has 2 rings (SSSR count). The van der Waals surface area contributed by atoms with Gasteiger partial charge in [0.05, 0.1) is 5.56 Å². The van der Waals surface area contributed by atoms with E-state index in [4.69, 9.17) is 0 Å². The van der Waals surface area contributed by atoms with E-state index in [0.717, 1.165) is 4.68 Å². The van der Waals surface area contributed by atoms with Crippen LogP contribution >= 0.6 is 12.2 Å². The Bertz CT molecular complexity index is 661. The summed E-state index contributed by atoms with van der Waals surface area (Å²) in [4.78, 5) is 3.50. The summed E-state index contributed by atoms with van der Waals surface area (Å²) in [6.07, 6.45) is 0. The summed E-state index contributed by atoms with van der Waals surface area (Å²) in [5.41, 5.74) is -1.14. The van der Waals surface area contributed by atoms with Crippen molar-refractivity contribution in [1.29, 1.82) is 0 Å². The number of halogens is 5. The Labute approximate surface area is 102 Å². The number of H-pyrrole nitrogens is 1. The largest absolute Gasteiger partial charge is 0.279 e. The van der Waals surface area contributed by atoms with Crippen LogP contribution in [0.15, 0.2) is 0 Å². The molecule has 1 aromatic carbocycles. The topological polar surface area (TPSA) is 33.6 Å². The molecular formula is C9H4F5N3S. The van der Waals surface area contributed by atoms with Crippen LogP contribution in [0.4, 0.5) is 22.0 Å². The van der Waals surface area contributed by atoms with E-state index in [2.05, 4.69) is 22.3 Å². The van der Waals surface area contributed by atoms with Crippen molar-refractivity contribution in [2.75, 3.05) is 0 Å². The van der Waals surface area contributed by atoms with Crippen LogP contribution in [0.5, 0.6) is 0 Å². The normalized spacial score (nSPS) is 11.0. The smallest absolute Gasteiger partial charge is 0.216 e. The SMILES string of the molecule is Cn1[nH]c(-c2c(F)c(F)c(F)c(F)c2F)nc1=S. The fraction of sp³-hybridized carbons (Fsp3) is 0.111. The van der Waals surface area contributed by atoms with Gasteiger partial charge in [-0.1, -0.05) is 0 Å². The molecule has 0 atom stereocenters. The van der Waals surface area contributed by atoms with E-state index in [1.54, 1.807) is 0 Å². The molecule has 18 heavy (non-hydrogen) atoms. The van der Waals surface area contributed by atoms with Gasteiger partial charge in [-0.15, -0.1) is 0 Å². The molecule has 1 aromatic heterocycles. The van der Waals surface area contributed by atoms with Crippen LogP contribution in [-0.2, 0) is 7.05 Å². The van der Waals surface area contributed by atoms with Crippen LogP contribution in [0, 0.1) is 33.9 Å². The molecule has 0 spiro atoms. The molecule has 0 unspecified atom stereocenters. The lowest BCUT2D eigenvalue weighted by Gasteiger charge is -2.05. The number of hydrogen-bond acceptors (Lipinski definition) is 2. The zero-order valence-electron chi connectivity index (χ0n) is 8.69. The monoisotopic (exact) mass is 281 g/mol. The van der Waals surface area contributed by atoms with E-state index in [1.165, 1.54) is 7.05 Å². The summed E-state index contributed by atoms with van der Waals surface area (Å²) in [6.45, 7) is 0. The Morgan fingerprint density at radius 1 is 0.944 bits per heavy atom. The maximum absolute atomic E-state index is 13.4. The van der Waals surface area contributed by atoms with Crippen molar-refractivity contribution in [3.05, 3.63) is 33.9 Å². The molecule has 9 heteroatoms. The van der Waals surface area contributed by atoms with Crippen molar-refractivity contribution in [2.45, 2.75) is 0 Å². The summed E-state index contributed by atoms with van der Waals surface area (Å²) in [5, 5.41) is 2.28. The third kappa shape index (κ3) is 1.70. The van der Waals surface area contributed by atoms with Gasteiger partial charge in [0.2, 0.25) is 10.6 Å². The van der Waals surface area contributed by atoms with Crippen LogP contribution in [0.3, 0.4) is 0 Å². The van der Waals surface area contributed by atoms with E-state index in [-0.39, 0.29) is 4.77 Å². The third-order valence-electron chi connectivity index (χ3n) is 2.21. The highest BCUT2D eigenvalue weighted by atomic mass is 32.1. The molecule has 1 N–H and O–H groups in total. The van der Waals surface area contributed by atoms with Gasteiger partial charge in [-0.3, -0.25) is 9.78 Å². The van der Waals surface area contributed by atoms with Gasteiger partial charge in [0, 0.05) is 7.05 Å². The molecule has 3 nitrogen and oxygen atoms in total. The van der Waals surface area contributed by atoms with Gasteiger partial charge < -0.3 is 0 Å². The van der Waals surface area contributed by atoms with E-state index >= 15 is 0 Å². The third-order valence-corrected chi connectivity index (χ3v) is 2.58. The highest BCUT2D eigenvalue weighted by Crippen LogP contribution is 2.29. The molecular weight excluding hydrogens is 277 g/mol. The van der Waals surface area contributed by atoms with Crippen LogP contribution in [0.25, 0.3) is 11.4 Å². The van der Waals surface area contributed by atoms with Gasteiger partial charge >= 0.3 is 0 Å². The molecule has 0 amide bonds. The van der Waals surface area contributed by atoms with E-state index < -0.39 is 40.5 Å². The Hall–Kier alpha value is -1.77. The summed E-state index contributed by atoms with van der Waals surface area (Å²) in [6, 6.07) is 0. The van der Waals surface area contributed by atoms with Gasteiger partial charge in [-0.25, -0.2) is 22.0 Å². The predicted octanol–water partition coefficient (Wildman–Crippen LogP) is 2.84. The zero-order chi connectivity index (χ0) is 13.6. The van der Waals surface area contributed by atoms with Crippen molar-refractivity contribution >= 4 is 12.2 Å². The first-order valence-corrected chi connectivity index (χ1v) is 4.90. The molecule has 0 bridgehead atoms. The molecule has 0 radical (unpaired) electrons. The molecule has 0 saturated heterocycles. The quantitative estimate of drug-likeness (QED) is 0.377. The van der Waals surface area contributed by atoms with Crippen molar-refractivity contribution in [3.63, 3.8) is 0 Å². The van der Waals surface area contributed by atoms with Gasteiger partial charge in [-0.05, 0) is 12.2 Å². The van der Waals surface area contributed by atoms with Gasteiger partial charge in [-0.2, -0.15) is 4.98 Å².